The lowest BCUT2D eigenvalue weighted by molar-refractivity contribution is 0.103. The van der Waals surface area contributed by atoms with Gasteiger partial charge >= 0.3 is 0 Å². The van der Waals surface area contributed by atoms with E-state index < -0.39 is 35.8 Å². The number of halogens is 2. The first kappa shape index (κ1) is 20.7. The molecule has 2 N–H and O–H groups in total. The largest absolute Gasteiger partial charge is 0.295 e. The van der Waals surface area contributed by atoms with Gasteiger partial charge in [-0.25, -0.2) is 0 Å². The second-order valence-corrected chi connectivity index (χ2v) is 9.36. The van der Waals surface area contributed by atoms with E-state index in [1.807, 2.05) is 0 Å². The highest BCUT2D eigenvalue weighted by Gasteiger charge is 2.23. The van der Waals surface area contributed by atoms with E-state index in [4.69, 9.17) is 23.2 Å². The summed E-state index contributed by atoms with van der Waals surface area (Å²) in [5.74, 6) is -0.736. The van der Waals surface area contributed by atoms with Crippen LogP contribution in [0.1, 0.15) is 15.9 Å². The molecular weight excluding hydrogens is 451 g/mol. The first-order valence-corrected chi connectivity index (χ1v) is 11.0. The van der Waals surface area contributed by atoms with Crippen molar-refractivity contribution in [2.24, 2.45) is 0 Å². The first-order valence-electron chi connectivity index (χ1n) is 7.41. The van der Waals surface area contributed by atoms with Gasteiger partial charge in [0.1, 0.15) is 4.90 Å². The molecule has 3 aromatic carbocycles. The molecule has 0 bridgehead atoms. The maximum atomic E-state index is 12.9. The minimum atomic E-state index is -4.77. The second-order valence-electron chi connectivity index (χ2n) is 5.73. The summed E-state index contributed by atoms with van der Waals surface area (Å²) in [6.45, 7) is 0. The van der Waals surface area contributed by atoms with Gasteiger partial charge in [0.2, 0.25) is 0 Å². The fraction of sp³-hybridized carbons (Fsp3) is 0. The molecule has 0 radical (unpaired) electrons. The van der Waals surface area contributed by atoms with Crippen LogP contribution >= 0.6 is 23.2 Å². The second kappa shape index (κ2) is 7.11. The lowest BCUT2D eigenvalue weighted by Gasteiger charge is -2.11. The summed E-state index contributed by atoms with van der Waals surface area (Å²) in [7, 11) is -9.35. The molecule has 7 nitrogen and oxygen atoms in total. The van der Waals surface area contributed by atoms with Crippen molar-refractivity contribution < 1.29 is 30.7 Å². The van der Waals surface area contributed by atoms with Crippen LogP contribution in [0.3, 0.4) is 0 Å². The Hall–Kier alpha value is -2.01. The molecule has 11 heteroatoms. The van der Waals surface area contributed by atoms with Crippen LogP contribution in [0.15, 0.2) is 58.3 Å². The van der Waals surface area contributed by atoms with E-state index in [-0.39, 0.29) is 31.9 Å². The number of benzene rings is 3. The fourth-order valence-corrected chi connectivity index (χ4v) is 4.50. The Morgan fingerprint density at radius 2 is 1.43 bits per heavy atom. The van der Waals surface area contributed by atoms with E-state index in [9.17, 15) is 30.7 Å². The van der Waals surface area contributed by atoms with Gasteiger partial charge in [0, 0.05) is 10.9 Å². The maximum absolute atomic E-state index is 12.9. The molecule has 0 saturated carbocycles. The van der Waals surface area contributed by atoms with Gasteiger partial charge in [0.25, 0.3) is 20.2 Å². The summed E-state index contributed by atoms with van der Waals surface area (Å²) < 4.78 is 65.1. The van der Waals surface area contributed by atoms with E-state index in [1.165, 1.54) is 24.3 Å². The Balaban J connectivity index is 2.36. The van der Waals surface area contributed by atoms with Crippen molar-refractivity contribution in [3.05, 3.63) is 69.7 Å². The molecule has 0 heterocycles. The summed E-state index contributed by atoms with van der Waals surface area (Å²) in [4.78, 5) is 11.8. The van der Waals surface area contributed by atoms with E-state index in [0.717, 1.165) is 24.3 Å². The third kappa shape index (κ3) is 3.90. The molecule has 3 aromatic rings. The Labute approximate surface area is 170 Å². The molecule has 0 fully saturated rings. The number of hydrogen-bond donors (Lipinski definition) is 2. The van der Waals surface area contributed by atoms with Gasteiger partial charge in [0.05, 0.1) is 20.5 Å². The van der Waals surface area contributed by atoms with Gasteiger partial charge in [0.15, 0.2) is 5.78 Å². The molecular formula is C17H10Cl2O7S2. The third-order valence-electron chi connectivity index (χ3n) is 3.91. The van der Waals surface area contributed by atoms with Crippen LogP contribution in [0.25, 0.3) is 10.8 Å². The predicted octanol–water partition coefficient (Wildman–Crippen LogP) is 3.87. The van der Waals surface area contributed by atoms with E-state index in [2.05, 4.69) is 0 Å². The van der Waals surface area contributed by atoms with Crippen molar-refractivity contribution in [3.8, 4) is 0 Å². The zero-order chi connectivity index (χ0) is 20.9. The first-order chi connectivity index (χ1) is 12.9. The van der Waals surface area contributed by atoms with E-state index >= 15 is 0 Å². The normalized spacial score (nSPS) is 12.3. The molecule has 0 atom stereocenters. The van der Waals surface area contributed by atoms with Gasteiger partial charge in [-0.15, -0.1) is 0 Å². The van der Waals surface area contributed by atoms with Crippen LogP contribution in [0, 0.1) is 0 Å². The summed E-state index contributed by atoms with van der Waals surface area (Å²) in [5.41, 5.74) is -0.292. The van der Waals surface area contributed by atoms with Gasteiger partial charge in [-0.05, 0) is 41.8 Å². The zero-order valence-corrected chi connectivity index (χ0v) is 16.8. The smallest absolute Gasteiger partial charge is 0.288 e. The van der Waals surface area contributed by atoms with Crippen molar-refractivity contribution >= 4 is 60.0 Å². The van der Waals surface area contributed by atoms with Crippen molar-refractivity contribution in [3.63, 3.8) is 0 Å². The molecule has 0 aliphatic carbocycles. The quantitative estimate of drug-likeness (QED) is 0.446. The van der Waals surface area contributed by atoms with Gasteiger partial charge < -0.3 is 0 Å². The maximum Gasteiger partial charge on any atom is 0.295 e. The summed E-state index contributed by atoms with van der Waals surface area (Å²) >= 11 is 12.0. The van der Waals surface area contributed by atoms with Crippen molar-refractivity contribution in [1.29, 1.82) is 0 Å². The van der Waals surface area contributed by atoms with Crippen molar-refractivity contribution in [2.45, 2.75) is 9.79 Å². The van der Waals surface area contributed by atoms with E-state index in [0.29, 0.717) is 0 Å². The number of carbonyl (C=O) groups excluding carboxylic acids is 1. The van der Waals surface area contributed by atoms with Crippen LogP contribution < -0.4 is 0 Å². The number of rotatable bonds is 4. The molecule has 0 aliphatic rings. The van der Waals surface area contributed by atoms with Crippen LogP contribution in [0.2, 0.25) is 10.0 Å². The van der Waals surface area contributed by atoms with Gasteiger partial charge in [-0.2, -0.15) is 16.8 Å². The molecule has 0 aliphatic heterocycles. The molecule has 0 aromatic heterocycles. The van der Waals surface area contributed by atoms with Crippen molar-refractivity contribution in [1.82, 2.24) is 0 Å². The molecule has 0 saturated heterocycles. The molecule has 3 rings (SSSR count). The minimum absolute atomic E-state index is 0.0169. The average molecular weight is 461 g/mol. The highest BCUT2D eigenvalue weighted by atomic mass is 35.5. The summed E-state index contributed by atoms with van der Waals surface area (Å²) in [6, 6.07) is 9.54. The molecule has 28 heavy (non-hydrogen) atoms. The fourth-order valence-electron chi connectivity index (χ4n) is 2.68. The lowest BCUT2D eigenvalue weighted by Crippen LogP contribution is -2.07. The Morgan fingerprint density at radius 3 is 1.96 bits per heavy atom. The molecule has 0 unspecified atom stereocenters. The lowest BCUT2D eigenvalue weighted by atomic mass is 9.99. The van der Waals surface area contributed by atoms with Crippen molar-refractivity contribution in [2.75, 3.05) is 0 Å². The molecule has 0 spiro atoms. The predicted molar refractivity (Wildman–Crippen MR) is 103 cm³/mol. The Morgan fingerprint density at radius 1 is 0.821 bits per heavy atom. The Kier molecular flexibility index (Phi) is 5.26. The number of ketones is 1. The van der Waals surface area contributed by atoms with Crippen LogP contribution in [-0.2, 0) is 20.2 Å². The standard InChI is InChI=1S/C17H10Cl2O7S2/c18-13-2-1-3-14(19)16(13)17(20)10-6-9-7-11(27(21,22)23)4-5-12(9)15(8-10)28(24,25)26/h1-8H,(H,21,22,23)(H,24,25,26). The van der Waals surface area contributed by atoms with Crippen LogP contribution in [0.5, 0.6) is 0 Å². The topological polar surface area (TPSA) is 126 Å². The van der Waals surface area contributed by atoms with Gasteiger partial charge in [-0.3, -0.25) is 13.9 Å². The van der Waals surface area contributed by atoms with Crippen LogP contribution in [0.4, 0.5) is 0 Å². The Bertz CT molecular complexity index is 1330. The average Bonchev–Trinajstić information content (AvgIpc) is 2.58. The highest BCUT2D eigenvalue weighted by molar-refractivity contribution is 7.86. The van der Waals surface area contributed by atoms with Gasteiger partial charge in [-0.1, -0.05) is 35.3 Å². The zero-order valence-electron chi connectivity index (χ0n) is 13.6. The monoisotopic (exact) mass is 460 g/mol. The SMILES string of the molecule is O=C(c1cc(S(=O)(=O)O)c2ccc(S(=O)(=O)O)cc2c1)c1c(Cl)cccc1Cl. The number of carbonyl (C=O) groups is 1. The molecule has 146 valence electrons. The van der Waals surface area contributed by atoms with Crippen LogP contribution in [-0.4, -0.2) is 31.7 Å². The number of hydrogen-bond acceptors (Lipinski definition) is 5. The molecule has 0 amide bonds. The minimum Gasteiger partial charge on any atom is -0.288 e. The summed E-state index contributed by atoms with van der Waals surface area (Å²) in [5, 5.41) is -0.0103. The van der Waals surface area contributed by atoms with E-state index in [1.54, 1.807) is 0 Å². The summed E-state index contributed by atoms with van der Waals surface area (Å²) in [6.07, 6.45) is 0. The highest BCUT2D eigenvalue weighted by Crippen LogP contribution is 2.31. The number of fused-ring (bicyclic) bond motifs is 1. The third-order valence-corrected chi connectivity index (χ3v) is 6.29.